The van der Waals surface area contributed by atoms with Crippen LogP contribution in [0, 0.1) is 0 Å². The minimum atomic E-state index is 0.0676. The van der Waals surface area contributed by atoms with Gasteiger partial charge in [-0.05, 0) is 31.2 Å². The minimum absolute atomic E-state index is 0.0676. The highest BCUT2D eigenvalue weighted by molar-refractivity contribution is 5.97. The average molecular weight is 273 g/mol. The molecule has 0 N–H and O–H groups in total. The number of Topliss-reactive ketones (excluding diaryl/α,β-unsaturated/α-hetero) is 1. The van der Waals surface area contributed by atoms with Crippen molar-refractivity contribution in [3.8, 4) is 0 Å². The fraction of sp³-hybridized carbons (Fsp3) is 0.529. The molecule has 0 spiro atoms. The maximum Gasteiger partial charge on any atom is 0.223 e. The van der Waals surface area contributed by atoms with Gasteiger partial charge in [0, 0.05) is 31.5 Å². The van der Waals surface area contributed by atoms with Crippen molar-refractivity contribution in [2.24, 2.45) is 0 Å². The molecular formula is C17H23NO2. The molecule has 0 aliphatic carbocycles. The SMILES string of the molecule is CCc1ccc(C(=O)CCC(=O)N2CCCCC2)cc1. The van der Waals surface area contributed by atoms with Gasteiger partial charge in [-0.1, -0.05) is 31.2 Å². The fourth-order valence-corrected chi connectivity index (χ4v) is 2.59. The summed E-state index contributed by atoms with van der Waals surface area (Å²) in [5.74, 6) is 0.196. The van der Waals surface area contributed by atoms with Crippen LogP contribution in [0.2, 0.25) is 0 Å². The lowest BCUT2D eigenvalue weighted by Crippen LogP contribution is -2.35. The molecule has 1 heterocycles. The van der Waals surface area contributed by atoms with Crippen molar-refractivity contribution in [1.82, 2.24) is 4.90 Å². The second-order valence-corrected chi connectivity index (χ2v) is 5.42. The molecule has 1 fully saturated rings. The maximum absolute atomic E-state index is 12.1. The first kappa shape index (κ1) is 14.8. The zero-order valence-corrected chi connectivity index (χ0v) is 12.2. The molecule has 2 rings (SSSR count). The molecule has 1 aromatic carbocycles. The highest BCUT2D eigenvalue weighted by atomic mass is 16.2. The van der Waals surface area contributed by atoms with Crippen LogP contribution < -0.4 is 0 Å². The molecule has 20 heavy (non-hydrogen) atoms. The zero-order valence-electron chi connectivity index (χ0n) is 12.2. The van der Waals surface area contributed by atoms with Crippen LogP contribution in [-0.4, -0.2) is 29.7 Å². The average Bonchev–Trinajstić information content (AvgIpc) is 2.53. The monoisotopic (exact) mass is 273 g/mol. The van der Waals surface area contributed by atoms with Crippen LogP contribution in [0.3, 0.4) is 0 Å². The first-order valence-electron chi connectivity index (χ1n) is 7.60. The number of ketones is 1. The number of hydrogen-bond acceptors (Lipinski definition) is 2. The first-order valence-corrected chi connectivity index (χ1v) is 7.60. The van der Waals surface area contributed by atoms with E-state index in [2.05, 4.69) is 6.92 Å². The number of carbonyl (C=O) groups is 2. The Morgan fingerprint density at radius 3 is 2.25 bits per heavy atom. The Kier molecular flexibility index (Phi) is 5.33. The van der Waals surface area contributed by atoms with Crippen molar-refractivity contribution in [2.75, 3.05) is 13.1 Å². The number of rotatable bonds is 5. The summed E-state index contributed by atoms with van der Waals surface area (Å²) in [6.45, 7) is 3.81. The number of nitrogens with zero attached hydrogens (tertiary/aromatic N) is 1. The summed E-state index contributed by atoms with van der Waals surface area (Å²) < 4.78 is 0. The Morgan fingerprint density at radius 2 is 1.65 bits per heavy atom. The Morgan fingerprint density at radius 1 is 1.00 bits per heavy atom. The van der Waals surface area contributed by atoms with E-state index in [0.29, 0.717) is 18.4 Å². The number of aryl methyl sites for hydroxylation is 1. The molecule has 0 unspecified atom stereocenters. The number of carbonyl (C=O) groups excluding carboxylic acids is 2. The van der Waals surface area contributed by atoms with Crippen molar-refractivity contribution in [2.45, 2.75) is 45.4 Å². The second-order valence-electron chi connectivity index (χ2n) is 5.42. The van der Waals surface area contributed by atoms with E-state index >= 15 is 0 Å². The van der Waals surface area contributed by atoms with E-state index in [1.165, 1.54) is 12.0 Å². The number of amides is 1. The van der Waals surface area contributed by atoms with Crippen LogP contribution in [0.5, 0.6) is 0 Å². The van der Waals surface area contributed by atoms with E-state index < -0.39 is 0 Å². The highest BCUT2D eigenvalue weighted by Crippen LogP contribution is 2.13. The van der Waals surface area contributed by atoms with Gasteiger partial charge in [0.25, 0.3) is 0 Å². The summed E-state index contributed by atoms with van der Waals surface area (Å²) >= 11 is 0. The van der Waals surface area contributed by atoms with Gasteiger partial charge in [0.1, 0.15) is 0 Å². The fourth-order valence-electron chi connectivity index (χ4n) is 2.59. The summed E-state index contributed by atoms with van der Waals surface area (Å²) in [6, 6.07) is 7.71. The molecule has 1 aliphatic rings. The Balaban J connectivity index is 1.83. The third-order valence-corrected chi connectivity index (χ3v) is 3.96. The molecule has 1 aromatic rings. The second kappa shape index (κ2) is 7.22. The maximum atomic E-state index is 12.1. The normalized spacial score (nSPS) is 15.2. The summed E-state index contributed by atoms with van der Waals surface area (Å²) in [6.07, 6.45) is 5.04. The molecule has 3 nitrogen and oxygen atoms in total. The Bertz CT molecular complexity index is 458. The summed E-state index contributed by atoms with van der Waals surface area (Å²) in [5.41, 5.74) is 1.94. The van der Waals surface area contributed by atoms with Crippen molar-refractivity contribution in [1.29, 1.82) is 0 Å². The van der Waals surface area contributed by atoms with E-state index in [4.69, 9.17) is 0 Å². The lowest BCUT2D eigenvalue weighted by molar-refractivity contribution is -0.132. The third-order valence-electron chi connectivity index (χ3n) is 3.96. The lowest BCUT2D eigenvalue weighted by atomic mass is 10.0. The highest BCUT2D eigenvalue weighted by Gasteiger charge is 2.17. The standard InChI is InChI=1S/C17H23NO2/c1-2-14-6-8-15(9-7-14)16(19)10-11-17(20)18-12-4-3-5-13-18/h6-9H,2-5,10-13H2,1H3. The molecule has 1 amide bonds. The number of piperidine rings is 1. The van der Waals surface area contributed by atoms with E-state index in [1.54, 1.807) is 0 Å². The molecule has 0 radical (unpaired) electrons. The van der Waals surface area contributed by atoms with Gasteiger partial charge in [0.05, 0.1) is 0 Å². The van der Waals surface area contributed by atoms with Gasteiger partial charge in [-0.25, -0.2) is 0 Å². The van der Waals surface area contributed by atoms with Crippen LogP contribution in [0.15, 0.2) is 24.3 Å². The molecule has 0 bridgehead atoms. The van der Waals surface area contributed by atoms with Gasteiger partial charge in [-0.3, -0.25) is 9.59 Å². The number of hydrogen-bond donors (Lipinski definition) is 0. The smallest absolute Gasteiger partial charge is 0.223 e. The minimum Gasteiger partial charge on any atom is -0.343 e. The van der Waals surface area contributed by atoms with Gasteiger partial charge in [-0.15, -0.1) is 0 Å². The predicted molar refractivity (Wildman–Crippen MR) is 79.8 cm³/mol. The molecule has 1 aliphatic heterocycles. The van der Waals surface area contributed by atoms with E-state index in [9.17, 15) is 9.59 Å². The predicted octanol–water partition coefficient (Wildman–Crippen LogP) is 3.22. The molecule has 0 aromatic heterocycles. The van der Waals surface area contributed by atoms with Crippen LogP contribution in [0.25, 0.3) is 0 Å². The van der Waals surface area contributed by atoms with Crippen molar-refractivity contribution in [3.05, 3.63) is 35.4 Å². The quantitative estimate of drug-likeness (QED) is 0.772. The molecule has 108 valence electrons. The van der Waals surface area contributed by atoms with Crippen molar-refractivity contribution >= 4 is 11.7 Å². The molecular weight excluding hydrogens is 250 g/mol. The van der Waals surface area contributed by atoms with Gasteiger partial charge >= 0.3 is 0 Å². The number of likely N-dealkylation sites (tertiary alicyclic amines) is 1. The van der Waals surface area contributed by atoms with Gasteiger partial charge < -0.3 is 4.90 Å². The van der Waals surface area contributed by atoms with Crippen molar-refractivity contribution in [3.63, 3.8) is 0 Å². The van der Waals surface area contributed by atoms with E-state index in [-0.39, 0.29) is 11.7 Å². The topological polar surface area (TPSA) is 37.4 Å². The van der Waals surface area contributed by atoms with Gasteiger partial charge in [-0.2, -0.15) is 0 Å². The van der Waals surface area contributed by atoms with E-state index in [1.807, 2.05) is 29.2 Å². The summed E-state index contributed by atoms with van der Waals surface area (Å²) in [7, 11) is 0. The molecule has 0 saturated carbocycles. The third kappa shape index (κ3) is 3.92. The molecule has 3 heteroatoms. The Labute approximate surface area is 121 Å². The van der Waals surface area contributed by atoms with Gasteiger partial charge in [0.2, 0.25) is 5.91 Å². The molecule has 1 saturated heterocycles. The zero-order chi connectivity index (χ0) is 14.4. The van der Waals surface area contributed by atoms with Crippen LogP contribution >= 0.6 is 0 Å². The lowest BCUT2D eigenvalue weighted by Gasteiger charge is -2.26. The first-order chi connectivity index (χ1) is 9.70. The van der Waals surface area contributed by atoms with Crippen LogP contribution in [0.1, 0.15) is 54.9 Å². The largest absolute Gasteiger partial charge is 0.343 e. The molecule has 0 atom stereocenters. The summed E-state index contributed by atoms with van der Waals surface area (Å²) in [5, 5.41) is 0. The van der Waals surface area contributed by atoms with Crippen LogP contribution in [0.4, 0.5) is 0 Å². The summed E-state index contributed by atoms with van der Waals surface area (Å²) in [4.78, 5) is 26.0. The Hall–Kier alpha value is -1.64. The number of benzene rings is 1. The van der Waals surface area contributed by atoms with E-state index in [0.717, 1.165) is 32.4 Å². The van der Waals surface area contributed by atoms with Crippen LogP contribution in [-0.2, 0) is 11.2 Å². The van der Waals surface area contributed by atoms with Gasteiger partial charge in [0.15, 0.2) is 5.78 Å². The van der Waals surface area contributed by atoms with Crippen molar-refractivity contribution < 1.29 is 9.59 Å².